The normalized spacial score (nSPS) is 12.8. The van der Waals surface area contributed by atoms with Gasteiger partial charge < -0.3 is 5.73 Å². The molecule has 2 N–H and O–H groups in total. The van der Waals surface area contributed by atoms with Crippen LogP contribution in [-0.2, 0) is 6.42 Å². The molecule has 0 amide bonds. The van der Waals surface area contributed by atoms with Crippen LogP contribution < -0.4 is 5.73 Å². The molecule has 1 atom stereocenters. The number of aryl methyl sites for hydroxylation is 1. The summed E-state index contributed by atoms with van der Waals surface area (Å²) in [6.45, 7) is 8.42. The molecule has 1 aromatic rings. The zero-order valence-corrected chi connectivity index (χ0v) is 11.2. The van der Waals surface area contributed by atoms with E-state index in [9.17, 15) is 0 Å². The number of hydrogen-bond acceptors (Lipinski definition) is 2. The topological polar surface area (TPSA) is 38.9 Å². The van der Waals surface area contributed by atoms with Gasteiger partial charge in [0.2, 0.25) is 0 Å². The summed E-state index contributed by atoms with van der Waals surface area (Å²) in [7, 11) is 0. The number of nitrogens with two attached hydrogens (primary N) is 1. The molecular weight excluding hydrogens is 208 g/mol. The minimum absolute atomic E-state index is 0.0391. The molecule has 0 bridgehead atoms. The third kappa shape index (κ3) is 4.58. The second-order valence-electron chi connectivity index (χ2n) is 5.26. The fourth-order valence-electron chi connectivity index (χ4n) is 1.61. The Hall–Kier alpha value is -1.33. The summed E-state index contributed by atoms with van der Waals surface area (Å²) in [5, 5.41) is 0. The minimum Gasteiger partial charge on any atom is -0.322 e. The maximum atomic E-state index is 6.14. The molecule has 17 heavy (non-hydrogen) atoms. The lowest BCUT2D eigenvalue weighted by atomic mass is 9.97. The highest BCUT2D eigenvalue weighted by Gasteiger charge is 2.10. The minimum atomic E-state index is -0.0824. The van der Waals surface area contributed by atoms with Crippen molar-refractivity contribution in [3.63, 3.8) is 0 Å². The van der Waals surface area contributed by atoms with Crippen LogP contribution in [0.4, 0.5) is 0 Å². The molecule has 0 aliphatic carbocycles. The molecule has 1 aromatic heterocycles. The maximum absolute atomic E-state index is 6.14. The van der Waals surface area contributed by atoms with Crippen molar-refractivity contribution in [1.29, 1.82) is 0 Å². The summed E-state index contributed by atoms with van der Waals surface area (Å²) >= 11 is 0. The number of aromatic nitrogens is 1. The number of rotatable bonds is 3. The van der Waals surface area contributed by atoms with Gasteiger partial charge in [0.15, 0.2) is 0 Å². The van der Waals surface area contributed by atoms with Crippen LogP contribution in [0, 0.1) is 17.3 Å². The summed E-state index contributed by atoms with van der Waals surface area (Å²) in [6.07, 6.45) is 3.43. The van der Waals surface area contributed by atoms with Gasteiger partial charge in [-0.15, -0.1) is 5.92 Å². The third-order valence-electron chi connectivity index (χ3n) is 2.44. The van der Waals surface area contributed by atoms with E-state index in [1.54, 1.807) is 6.20 Å². The van der Waals surface area contributed by atoms with Crippen molar-refractivity contribution in [2.75, 3.05) is 0 Å². The lowest BCUT2D eigenvalue weighted by Crippen LogP contribution is -2.14. The largest absolute Gasteiger partial charge is 0.322 e. The molecule has 0 aliphatic heterocycles. The van der Waals surface area contributed by atoms with Crippen molar-refractivity contribution in [1.82, 2.24) is 4.98 Å². The van der Waals surface area contributed by atoms with Crippen LogP contribution in [0.2, 0.25) is 0 Å². The molecule has 2 nitrogen and oxygen atoms in total. The summed E-state index contributed by atoms with van der Waals surface area (Å²) in [5.74, 6) is 6.36. The highest BCUT2D eigenvalue weighted by atomic mass is 14.8. The second-order valence-corrected chi connectivity index (χ2v) is 5.26. The van der Waals surface area contributed by atoms with E-state index in [1.165, 1.54) is 5.56 Å². The van der Waals surface area contributed by atoms with Gasteiger partial charge in [-0.1, -0.05) is 18.9 Å². The predicted molar refractivity (Wildman–Crippen MR) is 72.4 cm³/mol. The van der Waals surface area contributed by atoms with Crippen LogP contribution in [0.3, 0.4) is 0 Å². The van der Waals surface area contributed by atoms with E-state index >= 15 is 0 Å². The van der Waals surface area contributed by atoms with Crippen LogP contribution in [0.15, 0.2) is 18.3 Å². The average Bonchev–Trinajstić information content (AvgIpc) is 2.27. The van der Waals surface area contributed by atoms with Gasteiger partial charge in [-0.05, 0) is 38.8 Å². The Morgan fingerprint density at radius 3 is 2.71 bits per heavy atom. The Morgan fingerprint density at radius 1 is 1.41 bits per heavy atom. The van der Waals surface area contributed by atoms with Gasteiger partial charge >= 0.3 is 0 Å². The Balaban J connectivity index is 2.75. The van der Waals surface area contributed by atoms with Gasteiger partial charge in [0, 0.05) is 18.0 Å². The standard InChI is InChI=1S/C15H22N2/c1-5-12-8-7-11-17-14(12)13(16)9-6-10-15(2,3)4/h7-8,11,13H,5,9,16H2,1-4H3. The molecule has 2 heteroatoms. The molecule has 0 fully saturated rings. The molecular formula is C15H22N2. The Morgan fingerprint density at radius 2 is 2.12 bits per heavy atom. The van der Waals surface area contributed by atoms with Crippen LogP contribution in [0.5, 0.6) is 0 Å². The first kappa shape index (κ1) is 13.7. The van der Waals surface area contributed by atoms with Crippen LogP contribution in [-0.4, -0.2) is 4.98 Å². The lowest BCUT2D eigenvalue weighted by Gasteiger charge is -2.12. The van der Waals surface area contributed by atoms with Crippen molar-refractivity contribution in [2.45, 2.75) is 46.6 Å². The van der Waals surface area contributed by atoms with Gasteiger partial charge in [-0.2, -0.15) is 0 Å². The zero-order valence-electron chi connectivity index (χ0n) is 11.2. The van der Waals surface area contributed by atoms with Crippen LogP contribution in [0.25, 0.3) is 0 Å². The summed E-state index contributed by atoms with van der Waals surface area (Å²) in [5.41, 5.74) is 8.38. The molecule has 0 aliphatic rings. The Kier molecular flexibility index (Phi) is 4.72. The van der Waals surface area contributed by atoms with Crippen LogP contribution in [0.1, 0.15) is 51.4 Å². The number of hydrogen-bond donors (Lipinski definition) is 1. The molecule has 1 unspecified atom stereocenters. The first-order valence-corrected chi connectivity index (χ1v) is 6.13. The zero-order chi connectivity index (χ0) is 12.9. The van der Waals surface area contributed by atoms with Gasteiger partial charge in [0.1, 0.15) is 0 Å². The van der Waals surface area contributed by atoms with Crippen molar-refractivity contribution >= 4 is 0 Å². The molecule has 0 saturated carbocycles. The molecule has 1 heterocycles. The maximum Gasteiger partial charge on any atom is 0.0612 e. The van der Waals surface area contributed by atoms with Crippen LogP contribution >= 0.6 is 0 Å². The molecule has 92 valence electrons. The Bertz CT molecular complexity index is 419. The van der Waals surface area contributed by atoms with Gasteiger partial charge in [0.25, 0.3) is 0 Å². The van der Waals surface area contributed by atoms with E-state index in [0.717, 1.165) is 12.1 Å². The highest BCUT2D eigenvalue weighted by molar-refractivity contribution is 5.24. The van der Waals surface area contributed by atoms with Gasteiger partial charge in [0.05, 0.1) is 11.7 Å². The van der Waals surface area contributed by atoms with Crippen molar-refractivity contribution in [3.05, 3.63) is 29.6 Å². The van der Waals surface area contributed by atoms with E-state index in [2.05, 4.69) is 50.6 Å². The smallest absolute Gasteiger partial charge is 0.0612 e. The quantitative estimate of drug-likeness (QED) is 0.810. The third-order valence-corrected chi connectivity index (χ3v) is 2.44. The van der Waals surface area contributed by atoms with Crippen molar-refractivity contribution < 1.29 is 0 Å². The van der Waals surface area contributed by atoms with E-state index in [4.69, 9.17) is 5.73 Å². The van der Waals surface area contributed by atoms with E-state index < -0.39 is 0 Å². The molecule has 1 rings (SSSR count). The average molecular weight is 230 g/mol. The van der Waals surface area contributed by atoms with Crippen molar-refractivity contribution in [3.8, 4) is 11.8 Å². The van der Waals surface area contributed by atoms with E-state index in [0.29, 0.717) is 6.42 Å². The first-order valence-electron chi connectivity index (χ1n) is 6.13. The van der Waals surface area contributed by atoms with E-state index in [1.807, 2.05) is 6.07 Å². The van der Waals surface area contributed by atoms with E-state index in [-0.39, 0.29) is 11.5 Å². The van der Waals surface area contributed by atoms with Crippen molar-refractivity contribution in [2.24, 2.45) is 11.1 Å². The lowest BCUT2D eigenvalue weighted by molar-refractivity contribution is 0.569. The Labute approximate surface area is 105 Å². The molecule has 0 saturated heterocycles. The summed E-state index contributed by atoms with van der Waals surface area (Å²) in [4.78, 5) is 4.37. The molecule has 0 radical (unpaired) electrons. The summed E-state index contributed by atoms with van der Waals surface area (Å²) < 4.78 is 0. The SMILES string of the molecule is CCc1cccnc1C(N)CC#CC(C)(C)C. The fraction of sp³-hybridized carbons (Fsp3) is 0.533. The number of nitrogens with zero attached hydrogens (tertiary/aromatic N) is 1. The molecule has 0 aromatic carbocycles. The monoisotopic (exact) mass is 230 g/mol. The predicted octanol–water partition coefficient (Wildman–Crippen LogP) is 3.08. The highest BCUT2D eigenvalue weighted by Crippen LogP contribution is 2.17. The van der Waals surface area contributed by atoms with Gasteiger partial charge in [-0.25, -0.2) is 0 Å². The number of pyridine rings is 1. The molecule has 0 spiro atoms. The fourth-order valence-corrected chi connectivity index (χ4v) is 1.61. The summed E-state index contributed by atoms with van der Waals surface area (Å²) in [6, 6.07) is 3.95. The van der Waals surface area contributed by atoms with Gasteiger partial charge in [-0.3, -0.25) is 4.98 Å². The first-order chi connectivity index (χ1) is 7.94. The second kappa shape index (κ2) is 5.84.